The second-order valence-electron chi connectivity index (χ2n) is 2.81. The Morgan fingerprint density at radius 2 is 2.07 bits per heavy atom. The lowest BCUT2D eigenvalue weighted by molar-refractivity contribution is 0.0290. The van der Waals surface area contributed by atoms with Crippen LogP contribution in [0.2, 0.25) is 0 Å². The van der Waals surface area contributed by atoms with Gasteiger partial charge in [-0.2, -0.15) is 0 Å². The molecule has 1 rings (SSSR count). The van der Waals surface area contributed by atoms with Crippen molar-refractivity contribution in [3.8, 4) is 0 Å². The zero-order valence-corrected chi connectivity index (χ0v) is 8.01. The van der Waals surface area contributed by atoms with E-state index >= 15 is 0 Å². The smallest absolute Gasteiger partial charge is 0.102 e. The Morgan fingerprint density at radius 1 is 1.36 bits per heavy atom. The molecule has 0 fully saturated rings. The van der Waals surface area contributed by atoms with Crippen molar-refractivity contribution in [2.75, 3.05) is 5.23 Å². The van der Waals surface area contributed by atoms with Crippen molar-refractivity contribution in [2.45, 2.75) is 6.92 Å². The van der Waals surface area contributed by atoms with Gasteiger partial charge in [-0.1, -0.05) is 36.9 Å². The molecular formula is C11H13NO2. The number of benzene rings is 1. The first-order valence-electron chi connectivity index (χ1n) is 4.26. The summed E-state index contributed by atoms with van der Waals surface area (Å²) >= 11 is 0. The van der Waals surface area contributed by atoms with Gasteiger partial charge in [0.05, 0.1) is 0 Å². The third kappa shape index (κ3) is 2.22. The summed E-state index contributed by atoms with van der Waals surface area (Å²) in [6, 6.07) is 5.32. The van der Waals surface area contributed by atoms with E-state index in [9.17, 15) is 0 Å². The van der Waals surface area contributed by atoms with Gasteiger partial charge in [0.25, 0.3) is 0 Å². The number of anilines is 1. The summed E-state index contributed by atoms with van der Waals surface area (Å²) in [7, 11) is 0. The van der Waals surface area contributed by atoms with E-state index in [1.165, 1.54) is 0 Å². The summed E-state index contributed by atoms with van der Waals surface area (Å²) in [5.41, 5.74) is 1.89. The highest BCUT2D eigenvalue weighted by atomic mass is 16.8. The van der Waals surface area contributed by atoms with Crippen LogP contribution >= 0.6 is 0 Å². The Labute approximate surface area is 83.1 Å². The first kappa shape index (κ1) is 10.5. The lowest BCUT2D eigenvalue weighted by Crippen LogP contribution is -2.12. The molecule has 0 aliphatic carbocycles. The van der Waals surface area contributed by atoms with Gasteiger partial charge in [0.15, 0.2) is 0 Å². The van der Waals surface area contributed by atoms with Crippen LogP contribution in [0.3, 0.4) is 0 Å². The fraction of sp³-hybridized carbons (Fsp3) is 0.0909. The standard InChI is InChI=1S/C11H13NO2/c1-3-5-9-6-7-10(4-2)11(8-9)12(13)14/h3-8,13-14H,2H2,1H3. The van der Waals surface area contributed by atoms with Crippen LogP contribution in [0.1, 0.15) is 18.1 Å². The van der Waals surface area contributed by atoms with Crippen LogP contribution in [0.5, 0.6) is 0 Å². The van der Waals surface area contributed by atoms with Crippen LogP contribution in [-0.4, -0.2) is 10.4 Å². The van der Waals surface area contributed by atoms with Crippen LogP contribution in [0, 0.1) is 0 Å². The molecule has 0 saturated carbocycles. The average Bonchev–Trinajstić information content (AvgIpc) is 2.18. The van der Waals surface area contributed by atoms with E-state index < -0.39 is 0 Å². The van der Waals surface area contributed by atoms with Crippen molar-refractivity contribution in [1.82, 2.24) is 0 Å². The molecule has 0 heterocycles. The minimum Gasteiger partial charge on any atom is -0.264 e. The Balaban J connectivity index is 3.20. The fourth-order valence-corrected chi connectivity index (χ4v) is 1.20. The summed E-state index contributed by atoms with van der Waals surface area (Å²) in [5, 5.41) is 18.0. The van der Waals surface area contributed by atoms with Crippen molar-refractivity contribution in [3.63, 3.8) is 0 Å². The summed E-state index contributed by atoms with van der Waals surface area (Å²) in [4.78, 5) is 0. The third-order valence-corrected chi connectivity index (χ3v) is 1.85. The van der Waals surface area contributed by atoms with Crippen LogP contribution < -0.4 is 5.23 Å². The zero-order chi connectivity index (χ0) is 10.6. The number of hydrogen-bond donors (Lipinski definition) is 2. The largest absolute Gasteiger partial charge is 0.264 e. The van der Waals surface area contributed by atoms with Crippen molar-refractivity contribution in [1.29, 1.82) is 0 Å². The average molecular weight is 191 g/mol. The number of allylic oxidation sites excluding steroid dienone is 1. The van der Waals surface area contributed by atoms with E-state index in [-0.39, 0.29) is 5.23 Å². The molecule has 0 saturated heterocycles. The zero-order valence-electron chi connectivity index (χ0n) is 8.01. The minimum absolute atomic E-state index is 0.101. The van der Waals surface area contributed by atoms with Crippen LogP contribution in [-0.2, 0) is 0 Å². The number of nitrogens with zero attached hydrogens (tertiary/aromatic N) is 1. The molecule has 74 valence electrons. The lowest BCUT2D eigenvalue weighted by atomic mass is 10.1. The Morgan fingerprint density at radius 3 is 2.57 bits per heavy atom. The van der Waals surface area contributed by atoms with Crippen molar-refractivity contribution in [2.24, 2.45) is 0 Å². The fourth-order valence-electron chi connectivity index (χ4n) is 1.20. The summed E-state index contributed by atoms with van der Waals surface area (Å²) in [6.07, 6.45) is 5.32. The molecule has 14 heavy (non-hydrogen) atoms. The second kappa shape index (κ2) is 4.60. The molecule has 0 aromatic heterocycles. The van der Waals surface area contributed by atoms with Gasteiger partial charge in [-0.3, -0.25) is 10.4 Å². The van der Waals surface area contributed by atoms with E-state index in [1.807, 2.05) is 25.1 Å². The lowest BCUT2D eigenvalue weighted by Gasteiger charge is -2.11. The summed E-state index contributed by atoms with van der Waals surface area (Å²) < 4.78 is 0. The predicted octanol–water partition coefficient (Wildman–Crippen LogP) is 2.95. The van der Waals surface area contributed by atoms with Gasteiger partial charge in [0.1, 0.15) is 5.69 Å². The van der Waals surface area contributed by atoms with E-state index in [0.29, 0.717) is 11.3 Å². The maximum absolute atomic E-state index is 8.95. The van der Waals surface area contributed by atoms with Gasteiger partial charge in [-0.25, -0.2) is 0 Å². The quantitative estimate of drug-likeness (QED) is 0.722. The van der Waals surface area contributed by atoms with Crippen molar-refractivity contribution in [3.05, 3.63) is 42.0 Å². The Kier molecular flexibility index (Phi) is 3.45. The third-order valence-electron chi connectivity index (χ3n) is 1.85. The van der Waals surface area contributed by atoms with Crippen LogP contribution in [0.15, 0.2) is 30.9 Å². The minimum atomic E-state index is 0.101. The van der Waals surface area contributed by atoms with E-state index in [2.05, 4.69) is 6.58 Å². The molecule has 3 heteroatoms. The summed E-state index contributed by atoms with van der Waals surface area (Å²) in [5.74, 6) is 0. The second-order valence-corrected chi connectivity index (χ2v) is 2.81. The molecule has 3 nitrogen and oxygen atoms in total. The molecule has 0 radical (unpaired) electrons. The van der Waals surface area contributed by atoms with Gasteiger partial charge in [0, 0.05) is 5.56 Å². The highest BCUT2D eigenvalue weighted by molar-refractivity contribution is 5.69. The molecule has 1 aromatic carbocycles. The highest BCUT2D eigenvalue weighted by Crippen LogP contribution is 2.21. The van der Waals surface area contributed by atoms with Gasteiger partial charge in [-0.15, -0.1) is 5.23 Å². The van der Waals surface area contributed by atoms with Gasteiger partial charge in [-0.05, 0) is 18.6 Å². The van der Waals surface area contributed by atoms with E-state index in [1.54, 1.807) is 18.2 Å². The van der Waals surface area contributed by atoms with Crippen LogP contribution in [0.4, 0.5) is 5.69 Å². The molecule has 0 atom stereocenters. The molecular weight excluding hydrogens is 178 g/mol. The van der Waals surface area contributed by atoms with Gasteiger partial charge in [0.2, 0.25) is 0 Å². The molecule has 1 aromatic rings. The first-order valence-corrected chi connectivity index (χ1v) is 4.26. The van der Waals surface area contributed by atoms with Crippen molar-refractivity contribution >= 4 is 17.8 Å². The van der Waals surface area contributed by atoms with E-state index in [4.69, 9.17) is 10.4 Å². The number of hydrogen-bond acceptors (Lipinski definition) is 3. The molecule has 0 aliphatic heterocycles. The van der Waals surface area contributed by atoms with Crippen LogP contribution in [0.25, 0.3) is 12.2 Å². The molecule has 0 spiro atoms. The topological polar surface area (TPSA) is 43.7 Å². The monoisotopic (exact) mass is 191 g/mol. The van der Waals surface area contributed by atoms with Gasteiger partial charge < -0.3 is 0 Å². The highest BCUT2D eigenvalue weighted by Gasteiger charge is 2.04. The summed E-state index contributed by atoms with van der Waals surface area (Å²) in [6.45, 7) is 5.48. The van der Waals surface area contributed by atoms with Crippen molar-refractivity contribution < 1.29 is 10.4 Å². The SMILES string of the molecule is C=Cc1ccc(C=CC)cc1N(O)O. The maximum atomic E-state index is 8.95. The Hall–Kier alpha value is -1.58. The molecule has 0 amide bonds. The Bertz CT molecular complexity index is 356. The normalized spacial score (nSPS) is 10.5. The molecule has 0 unspecified atom stereocenters. The molecule has 2 N–H and O–H groups in total. The predicted molar refractivity (Wildman–Crippen MR) is 57.3 cm³/mol. The number of rotatable bonds is 3. The van der Waals surface area contributed by atoms with Gasteiger partial charge >= 0.3 is 0 Å². The van der Waals surface area contributed by atoms with E-state index in [0.717, 1.165) is 5.56 Å². The maximum Gasteiger partial charge on any atom is 0.102 e. The molecule has 0 aliphatic rings. The first-order chi connectivity index (χ1) is 6.69. The molecule has 0 bridgehead atoms.